The van der Waals surface area contributed by atoms with E-state index in [1.807, 2.05) is 67.6 Å². The van der Waals surface area contributed by atoms with Crippen LogP contribution in [0.2, 0.25) is 0 Å². The molecule has 4 aromatic rings. The molecule has 1 atom stereocenters. The Bertz CT molecular complexity index is 1200. The van der Waals surface area contributed by atoms with Crippen LogP contribution in [0.4, 0.5) is 0 Å². The Morgan fingerprint density at radius 1 is 0.667 bits per heavy atom. The molecule has 4 rings (SSSR count). The largest absolute Gasteiger partial charge is 0.647 e. The first-order valence-corrected chi connectivity index (χ1v) is 11.3. The van der Waals surface area contributed by atoms with E-state index in [1.54, 1.807) is 30.3 Å². The van der Waals surface area contributed by atoms with Crippen molar-refractivity contribution >= 4 is 18.6 Å². The van der Waals surface area contributed by atoms with Gasteiger partial charge in [-0.25, -0.2) is 0 Å². The van der Waals surface area contributed by atoms with Gasteiger partial charge in [-0.3, -0.25) is 0 Å². The lowest BCUT2D eigenvalue weighted by Crippen LogP contribution is -2.07. The van der Waals surface area contributed by atoms with Crippen molar-refractivity contribution in [2.75, 3.05) is 0 Å². The van der Waals surface area contributed by atoms with Crippen molar-refractivity contribution in [3.63, 3.8) is 0 Å². The molecule has 0 aliphatic heterocycles. The van der Waals surface area contributed by atoms with Gasteiger partial charge in [0.2, 0.25) is 0 Å². The number of rotatable bonds is 7. The van der Waals surface area contributed by atoms with Crippen LogP contribution in [0.25, 0.3) is 10.8 Å². The van der Waals surface area contributed by atoms with Crippen molar-refractivity contribution in [3.8, 4) is 17.2 Å². The summed E-state index contributed by atoms with van der Waals surface area (Å²) in [6, 6.07) is 28.1. The van der Waals surface area contributed by atoms with Crippen LogP contribution in [0.3, 0.4) is 0 Å². The van der Waals surface area contributed by atoms with E-state index in [0.29, 0.717) is 17.2 Å². The summed E-state index contributed by atoms with van der Waals surface area (Å²) in [6.45, 7) is 4.01. The molecule has 0 fully saturated rings. The monoisotopic (exact) mass is 418 g/mol. The molecule has 0 aliphatic rings. The fourth-order valence-corrected chi connectivity index (χ4v) is 4.36. The molecule has 30 heavy (non-hydrogen) atoms. The molecule has 152 valence electrons. The van der Waals surface area contributed by atoms with Crippen LogP contribution in [0, 0.1) is 6.92 Å². The van der Waals surface area contributed by atoms with Gasteiger partial charge in [-0.1, -0.05) is 61.5 Å². The smallest absolute Gasteiger partial charge is 0.386 e. The molecule has 0 heterocycles. The van der Waals surface area contributed by atoms with Gasteiger partial charge in [0.1, 0.15) is 17.2 Å². The molecule has 0 spiro atoms. The van der Waals surface area contributed by atoms with Gasteiger partial charge in [0.05, 0.1) is 0 Å². The molecule has 1 unspecified atom stereocenters. The highest BCUT2D eigenvalue weighted by atomic mass is 31.2. The van der Waals surface area contributed by atoms with Crippen molar-refractivity contribution in [1.29, 1.82) is 0 Å². The summed E-state index contributed by atoms with van der Waals surface area (Å²) in [5, 5.41) is 2.04. The van der Waals surface area contributed by atoms with E-state index in [2.05, 4.69) is 6.92 Å². The average Bonchev–Trinajstić information content (AvgIpc) is 2.74. The highest BCUT2D eigenvalue weighted by Crippen LogP contribution is 2.50. The molecule has 0 saturated carbocycles. The summed E-state index contributed by atoms with van der Waals surface area (Å²) in [6.07, 6.45) is 0.908. The van der Waals surface area contributed by atoms with Crippen LogP contribution < -0.4 is 13.6 Å². The predicted octanol–water partition coefficient (Wildman–Crippen LogP) is 7.36. The van der Waals surface area contributed by atoms with Crippen molar-refractivity contribution in [2.24, 2.45) is 0 Å². The number of phosphoric ester groups is 1. The highest BCUT2D eigenvalue weighted by molar-refractivity contribution is 7.49. The third-order valence-corrected chi connectivity index (χ3v) is 6.00. The summed E-state index contributed by atoms with van der Waals surface area (Å²) in [5.74, 6) is 1.25. The number of benzene rings is 4. The zero-order valence-corrected chi connectivity index (χ0v) is 17.8. The standard InChI is InChI=1S/C25H23O4P/c1-3-20-11-14-23(15-12-20)27-30(26,28-24-10-6-7-19(2)17-24)29-25-16-13-21-8-4-5-9-22(21)18-25/h4-18H,3H2,1-2H3. The van der Waals surface area contributed by atoms with E-state index in [1.165, 1.54) is 0 Å². The van der Waals surface area contributed by atoms with E-state index in [9.17, 15) is 4.57 Å². The molecular formula is C25H23O4P. The Balaban J connectivity index is 1.66. The lowest BCUT2D eigenvalue weighted by atomic mass is 10.1. The Kier molecular flexibility index (Phi) is 5.78. The second kappa shape index (κ2) is 8.64. The molecule has 0 saturated heterocycles. The van der Waals surface area contributed by atoms with Gasteiger partial charge in [-0.2, -0.15) is 4.57 Å². The number of aryl methyl sites for hydroxylation is 2. The minimum Gasteiger partial charge on any atom is -0.386 e. The maximum absolute atomic E-state index is 13.7. The molecule has 5 heteroatoms. The highest BCUT2D eigenvalue weighted by Gasteiger charge is 2.33. The second-order valence-electron chi connectivity index (χ2n) is 7.04. The molecule has 0 aliphatic carbocycles. The van der Waals surface area contributed by atoms with Gasteiger partial charge in [-0.05, 0) is 71.6 Å². The number of fused-ring (bicyclic) bond motifs is 1. The minimum absolute atomic E-state index is 0.412. The number of phosphoric acid groups is 1. The quantitative estimate of drug-likeness (QED) is 0.294. The van der Waals surface area contributed by atoms with Crippen LogP contribution in [0.15, 0.2) is 91.0 Å². The van der Waals surface area contributed by atoms with Crippen molar-refractivity contribution in [2.45, 2.75) is 20.3 Å². The molecule has 0 amide bonds. The minimum atomic E-state index is -4.01. The first kappa shape index (κ1) is 20.1. The van der Waals surface area contributed by atoms with E-state index in [4.69, 9.17) is 13.6 Å². The third-order valence-electron chi connectivity index (χ3n) is 4.69. The van der Waals surface area contributed by atoms with Crippen molar-refractivity contribution in [3.05, 3.63) is 102 Å². The predicted molar refractivity (Wildman–Crippen MR) is 120 cm³/mol. The zero-order valence-electron chi connectivity index (χ0n) is 16.9. The fraction of sp³-hybridized carbons (Fsp3) is 0.120. The van der Waals surface area contributed by atoms with Gasteiger partial charge >= 0.3 is 7.82 Å². The van der Waals surface area contributed by atoms with Gasteiger partial charge in [0.15, 0.2) is 0 Å². The zero-order chi connectivity index (χ0) is 21.0. The SMILES string of the molecule is CCc1ccc(OP(=O)(Oc2cccc(C)c2)Oc2ccc3ccccc3c2)cc1. The fourth-order valence-electron chi connectivity index (χ4n) is 3.13. The van der Waals surface area contributed by atoms with E-state index in [-0.39, 0.29) is 0 Å². The van der Waals surface area contributed by atoms with Gasteiger partial charge in [-0.15, -0.1) is 0 Å². The van der Waals surface area contributed by atoms with Gasteiger partial charge < -0.3 is 13.6 Å². The van der Waals surface area contributed by atoms with E-state index in [0.717, 1.165) is 28.3 Å². The summed E-state index contributed by atoms with van der Waals surface area (Å²) in [4.78, 5) is 0. The first-order chi connectivity index (χ1) is 14.5. The normalized spacial score (nSPS) is 12.9. The van der Waals surface area contributed by atoms with Crippen LogP contribution in [-0.2, 0) is 11.0 Å². The number of hydrogen-bond donors (Lipinski definition) is 0. The van der Waals surface area contributed by atoms with E-state index < -0.39 is 7.82 Å². The Morgan fingerprint density at radius 2 is 1.30 bits per heavy atom. The van der Waals surface area contributed by atoms with Crippen LogP contribution in [0.5, 0.6) is 17.2 Å². The van der Waals surface area contributed by atoms with Gasteiger partial charge in [0.25, 0.3) is 0 Å². The molecule has 0 N–H and O–H groups in total. The van der Waals surface area contributed by atoms with Crippen LogP contribution in [0.1, 0.15) is 18.1 Å². The maximum Gasteiger partial charge on any atom is 0.647 e. The molecule has 4 nitrogen and oxygen atoms in total. The lowest BCUT2D eigenvalue weighted by Gasteiger charge is -2.20. The summed E-state index contributed by atoms with van der Waals surface area (Å²) < 4.78 is 31.0. The molecule has 0 bridgehead atoms. The second-order valence-corrected chi connectivity index (χ2v) is 8.49. The average molecular weight is 418 g/mol. The summed E-state index contributed by atoms with van der Waals surface area (Å²) >= 11 is 0. The van der Waals surface area contributed by atoms with E-state index >= 15 is 0 Å². The topological polar surface area (TPSA) is 44.8 Å². The van der Waals surface area contributed by atoms with Gasteiger partial charge in [0, 0.05) is 0 Å². The van der Waals surface area contributed by atoms with Crippen molar-refractivity contribution in [1.82, 2.24) is 0 Å². The Morgan fingerprint density at radius 3 is 2.00 bits per heavy atom. The summed E-state index contributed by atoms with van der Waals surface area (Å²) in [7, 11) is -4.01. The maximum atomic E-state index is 13.7. The lowest BCUT2D eigenvalue weighted by molar-refractivity contribution is 0.298. The Labute approximate surface area is 176 Å². The Hall–Kier alpha value is -3.23. The molecule has 4 aromatic carbocycles. The third kappa shape index (κ3) is 4.84. The van der Waals surface area contributed by atoms with Crippen LogP contribution >= 0.6 is 7.82 Å². The molecule has 0 aromatic heterocycles. The van der Waals surface area contributed by atoms with Crippen molar-refractivity contribution < 1.29 is 18.1 Å². The summed E-state index contributed by atoms with van der Waals surface area (Å²) in [5.41, 5.74) is 2.14. The van der Waals surface area contributed by atoms with Crippen LogP contribution in [-0.4, -0.2) is 0 Å². The first-order valence-electron chi connectivity index (χ1n) is 9.86. The number of hydrogen-bond acceptors (Lipinski definition) is 4. The molecular weight excluding hydrogens is 395 g/mol. The molecule has 0 radical (unpaired) electrons.